The molecule has 11 heteroatoms. The van der Waals surface area contributed by atoms with Gasteiger partial charge >= 0.3 is 0 Å². The van der Waals surface area contributed by atoms with Crippen molar-refractivity contribution < 1.29 is 14.6 Å². The van der Waals surface area contributed by atoms with Gasteiger partial charge in [-0.15, -0.1) is 0 Å². The third-order valence-electron chi connectivity index (χ3n) is 8.30. The highest BCUT2D eigenvalue weighted by molar-refractivity contribution is 5.88. The number of fused-ring (bicyclic) bond motifs is 2. The van der Waals surface area contributed by atoms with Gasteiger partial charge in [0.1, 0.15) is 11.5 Å². The van der Waals surface area contributed by atoms with E-state index in [1.165, 1.54) is 24.3 Å². The van der Waals surface area contributed by atoms with Crippen LogP contribution in [-0.2, 0) is 0 Å². The fraction of sp³-hybridized carbons (Fsp3) is 0. The third kappa shape index (κ3) is 6.18. The Morgan fingerprint density at radius 2 is 0.725 bits per heavy atom. The summed E-state index contributed by atoms with van der Waals surface area (Å²) in [6.45, 7) is 0. The van der Waals surface area contributed by atoms with Gasteiger partial charge in [0.15, 0.2) is 0 Å². The van der Waals surface area contributed by atoms with Crippen LogP contribution in [0.15, 0.2) is 146 Å². The van der Waals surface area contributed by atoms with E-state index in [1.807, 2.05) is 84.9 Å². The Kier molecular flexibility index (Phi) is 7.82. The van der Waals surface area contributed by atoms with Crippen LogP contribution in [0.4, 0.5) is 11.4 Å². The van der Waals surface area contributed by atoms with E-state index >= 15 is 0 Å². The maximum atomic E-state index is 11.3. The van der Waals surface area contributed by atoms with Crippen LogP contribution in [0.3, 0.4) is 0 Å². The molecule has 0 spiro atoms. The number of nitro benzene ring substituents is 2. The van der Waals surface area contributed by atoms with Crippen LogP contribution in [0.1, 0.15) is 0 Å². The molecule has 0 aliphatic carbocycles. The normalized spacial score (nSPS) is 11.1. The minimum Gasteiger partial charge on any atom is -0.457 e. The van der Waals surface area contributed by atoms with Crippen LogP contribution in [0.25, 0.3) is 67.1 Å². The lowest BCUT2D eigenvalue weighted by molar-refractivity contribution is -0.385. The molecule has 244 valence electrons. The van der Waals surface area contributed by atoms with Crippen molar-refractivity contribution in [3.8, 4) is 56.5 Å². The lowest BCUT2D eigenvalue weighted by Crippen LogP contribution is -1.97. The number of rotatable bonds is 8. The van der Waals surface area contributed by atoms with Crippen molar-refractivity contribution >= 4 is 33.4 Å². The third-order valence-corrected chi connectivity index (χ3v) is 8.30. The molecule has 6 aromatic carbocycles. The summed E-state index contributed by atoms with van der Waals surface area (Å²) in [4.78, 5) is 41.6. The van der Waals surface area contributed by atoms with Crippen molar-refractivity contribution in [3.63, 3.8) is 0 Å². The summed E-state index contributed by atoms with van der Waals surface area (Å²) in [7, 11) is 0. The average Bonchev–Trinajstić information content (AvgIpc) is 3.17. The molecule has 0 fully saturated rings. The predicted molar refractivity (Wildman–Crippen MR) is 194 cm³/mol. The molecule has 51 heavy (non-hydrogen) atoms. The van der Waals surface area contributed by atoms with Gasteiger partial charge in [0.25, 0.3) is 11.4 Å². The average molecular weight is 669 g/mol. The first-order valence-electron chi connectivity index (χ1n) is 15.8. The number of aromatic nitrogens is 4. The number of ether oxygens (including phenoxy) is 1. The predicted octanol–water partition coefficient (Wildman–Crippen LogP) is 9.85. The summed E-state index contributed by atoms with van der Waals surface area (Å²) in [6.07, 6.45) is 0. The smallest absolute Gasteiger partial charge is 0.269 e. The molecular weight excluding hydrogens is 644 g/mol. The van der Waals surface area contributed by atoms with E-state index in [1.54, 1.807) is 36.4 Å². The zero-order valence-electron chi connectivity index (χ0n) is 26.6. The monoisotopic (exact) mass is 668 g/mol. The molecule has 0 aliphatic rings. The maximum absolute atomic E-state index is 11.3. The summed E-state index contributed by atoms with van der Waals surface area (Å²) < 4.78 is 6.31. The molecule has 0 atom stereocenters. The van der Waals surface area contributed by atoms with Crippen LogP contribution >= 0.6 is 0 Å². The van der Waals surface area contributed by atoms with Crippen molar-refractivity contribution in [2.75, 3.05) is 0 Å². The minimum atomic E-state index is -0.436. The van der Waals surface area contributed by atoms with Crippen molar-refractivity contribution in [1.82, 2.24) is 19.9 Å². The van der Waals surface area contributed by atoms with Gasteiger partial charge in [-0.05, 0) is 48.5 Å². The Morgan fingerprint density at radius 1 is 0.392 bits per heavy atom. The summed E-state index contributed by atoms with van der Waals surface area (Å²) >= 11 is 0. The molecular formula is C40H24N6O5. The van der Waals surface area contributed by atoms with Gasteiger partial charge in [-0.25, -0.2) is 19.9 Å². The number of benzene rings is 6. The SMILES string of the molecule is O=[N+]([O-])c1ccc(-c2nc3cc(Oc4ccc5nc(-c6ccccc6)c(-c6ccc([N+](=O)[O-])cc6)nc5c4)ccc3nc2-c2ccccc2)cc1. The summed E-state index contributed by atoms with van der Waals surface area (Å²) in [5, 5.41) is 22.6. The van der Waals surface area contributed by atoms with E-state index in [2.05, 4.69) is 0 Å². The van der Waals surface area contributed by atoms with Crippen LogP contribution in [0, 0.1) is 20.2 Å². The second kappa shape index (κ2) is 12.9. The van der Waals surface area contributed by atoms with Crippen molar-refractivity contribution in [1.29, 1.82) is 0 Å². The van der Waals surface area contributed by atoms with Crippen LogP contribution < -0.4 is 4.74 Å². The van der Waals surface area contributed by atoms with E-state index in [0.29, 0.717) is 67.5 Å². The molecule has 2 heterocycles. The minimum absolute atomic E-state index is 0.0133. The van der Waals surface area contributed by atoms with Crippen molar-refractivity contribution in [2.24, 2.45) is 0 Å². The van der Waals surface area contributed by atoms with Crippen LogP contribution in [-0.4, -0.2) is 29.8 Å². The first kappa shape index (κ1) is 30.9. The second-order valence-corrected chi connectivity index (χ2v) is 11.6. The molecule has 0 radical (unpaired) electrons. The van der Waals surface area contributed by atoms with Crippen molar-refractivity contribution in [3.05, 3.63) is 166 Å². The largest absolute Gasteiger partial charge is 0.457 e. The van der Waals surface area contributed by atoms with Crippen LogP contribution in [0.5, 0.6) is 11.5 Å². The molecule has 2 aromatic heterocycles. The number of nitrogens with zero attached hydrogens (tertiary/aromatic N) is 6. The molecule has 0 unspecified atom stereocenters. The van der Waals surface area contributed by atoms with E-state index in [-0.39, 0.29) is 11.4 Å². The Labute approximate surface area is 289 Å². The fourth-order valence-corrected chi connectivity index (χ4v) is 5.81. The molecule has 8 aromatic rings. The standard InChI is InChI=1S/C40H24N6O5/c47-45(48)29-15-11-27(12-16-29)39-37(25-7-3-1-4-8-25)41-33-21-19-31(23-35(33)43-39)51-32-20-22-34-36(24-32)44-40(28-13-17-30(18-14-28)46(49)50)38(42-34)26-9-5-2-6-10-26/h1-24H. The molecule has 0 bridgehead atoms. The molecule has 0 N–H and O–H groups in total. The quantitative estimate of drug-likeness (QED) is 0.114. The molecule has 0 aliphatic heterocycles. The first-order valence-corrected chi connectivity index (χ1v) is 15.8. The highest BCUT2D eigenvalue weighted by Crippen LogP contribution is 2.36. The maximum Gasteiger partial charge on any atom is 0.269 e. The molecule has 0 saturated carbocycles. The Balaban J connectivity index is 1.18. The van der Waals surface area contributed by atoms with E-state index in [9.17, 15) is 20.2 Å². The Bertz CT molecular complexity index is 2420. The molecule has 0 amide bonds. The van der Waals surface area contributed by atoms with Gasteiger partial charge in [-0.2, -0.15) is 0 Å². The van der Waals surface area contributed by atoms with Gasteiger partial charge < -0.3 is 4.74 Å². The molecule has 8 rings (SSSR count). The van der Waals surface area contributed by atoms with Gasteiger partial charge in [-0.1, -0.05) is 60.7 Å². The van der Waals surface area contributed by atoms with Gasteiger partial charge in [-0.3, -0.25) is 20.2 Å². The lowest BCUT2D eigenvalue weighted by atomic mass is 10.0. The highest BCUT2D eigenvalue weighted by atomic mass is 16.6. The Morgan fingerprint density at radius 3 is 1.08 bits per heavy atom. The topological polar surface area (TPSA) is 147 Å². The molecule has 11 nitrogen and oxygen atoms in total. The second-order valence-electron chi connectivity index (χ2n) is 11.6. The zero-order valence-corrected chi connectivity index (χ0v) is 26.6. The van der Waals surface area contributed by atoms with E-state index < -0.39 is 9.85 Å². The summed E-state index contributed by atoms with van der Waals surface area (Å²) in [5.74, 6) is 1.03. The summed E-state index contributed by atoms with van der Waals surface area (Å²) in [5.41, 5.74) is 7.99. The number of hydrogen-bond acceptors (Lipinski definition) is 9. The highest BCUT2D eigenvalue weighted by Gasteiger charge is 2.17. The van der Waals surface area contributed by atoms with Gasteiger partial charge in [0.05, 0.1) is 54.7 Å². The van der Waals surface area contributed by atoms with E-state index in [0.717, 1.165) is 11.1 Å². The van der Waals surface area contributed by atoms with Crippen LogP contribution in [0.2, 0.25) is 0 Å². The summed E-state index contributed by atoms with van der Waals surface area (Å²) in [6, 6.07) is 42.7. The zero-order chi connectivity index (χ0) is 34.9. The van der Waals surface area contributed by atoms with Crippen molar-refractivity contribution in [2.45, 2.75) is 0 Å². The van der Waals surface area contributed by atoms with Gasteiger partial charge in [0, 0.05) is 58.7 Å². The van der Waals surface area contributed by atoms with Gasteiger partial charge in [0.2, 0.25) is 0 Å². The van der Waals surface area contributed by atoms with E-state index in [4.69, 9.17) is 24.7 Å². The number of nitro groups is 2. The number of hydrogen-bond donors (Lipinski definition) is 0. The Hall–Kier alpha value is -7.40. The number of non-ortho nitro benzene ring substituents is 2. The fourth-order valence-electron chi connectivity index (χ4n) is 5.81. The molecule has 0 saturated heterocycles. The lowest BCUT2D eigenvalue weighted by Gasteiger charge is -2.13. The first-order chi connectivity index (χ1) is 24.9.